The van der Waals surface area contributed by atoms with Crippen molar-refractivity contribution in [1.82, 2.24) is 24.7 Å². The molecule has 13 heteroatoms. The zero-order valence-corrected chi connectivity index (χ0v) is 18.5. The van der Waals surface area contributed by atoms with Gasteiger partial charge in [-0.2, -0.15) is 9.97 Å². The van der Waals surface area contributed by atoms with Crippen LogP contribution >= 0.6 is 0 Å². The summed E-state index contributed by atoms with van der Waals surface area (Å²) in [7, 11) is 1.47. The number of rotatable bonds is 9. The van der Waals surface area contributed by atoms with E-state index in [-0.39, 0.29) is 30.0 Å². The molecular weight excluding hydrogens is 441 g/mol. The van der Waals surface area contributed by atoms with E-state index >= 15 is 0 Å². The first-order chi connectivity index (χ1) is 16.4. The number of hydrogen-bond donors (Lipinski definition) is 4. The number of carbonyl (C=O) groups is 1. The smallest absolute Gasteiger partial charge is 0.468 e. The van der Waals surface area contributed by atoms with E-state index in [2.05, 4.69) is 25.5 Å². The van der Waals surface area contributed by atoms with Crippen molar-refractivity contribution in [3.63, 3.8) is 0 Å². The highest BCUT2D eigenvalue weighted by Crippen LogP contribution is 2.27. The van der Waals surface area contributed by atoms with Crippen LogP contribution in [0, 0.1) is 0 Å². The number of methoxy groups -OCH3 is 2. The summed E-state index contributed by atoms with van der Waals surface area (Å²) >= 11 is 0. The lowest BCUT2D eigenvalue weighted by Gasteiger charge is -2.12. The Morgan fingerprint density at radius 1 is 1.15 bits per heavy atom. The fourth-order valence-corrected chi connectivity index (χ4v) is 3.49. The van der Waals surface area contributed by atoms with Crippen molar-refractivity contribution >= 4 is 35.3 Å². The van der Waals surface area contributed by atoms with E-state index in [9.17, 15) is 14.8 Å². The molecule has 0 saturated heterocycles. The van der Waals surface area contributed by atoms with Crippen LogP contribution in [0.1, 0.15) is 21.6 Å². The third-order valence-corrected chi connectivity index (χ3v) is 5.04. The Morgan fingerprint density at radius 2 is 1.94 bits per heavy atom. The number of fused-ring (bicyclic) bond motifs is 1. The van der Waals surface area contributed by atoms with E-state index in [1.54, 1.807) is 35.9 Å². The van der Waals surface area contributed by atoms with Crippen molar-refractivity contribution in [1.29, 1.82) is 0 Å². The minimum atomic E-state index is -1.60. The third kappa shape index (κ3) is 4.52. The number of benzene rings is 2. The van der Waals surface area contributed by atoms with Gasteiger partial charge in [0, 0.05) is 19.2 Å². The predicted molar refractivity (Wildman–Crippen MR) is 124 cm³/mol. The van der Waals surface area contributed by atoms with Gasteiger partial charge in [0.05, 0.1) is 24.8 Å². The molecule has 2 heterocycles. The van der Waals surface area contributed by atoms with Crippen molar-refractivity contribution in [2.45, 2.75) is 13.2 Å². The Balaban J connectivity index is 1.76. The molecule has 2 aromatic heterocycles. The van der Waals surface area contributed by atoms with Crippen LogP contribution in [-0.4, -0.2) is 62.0 Å². The molecule has 12 nitrogen and oxygen atoms in total. The molecule has 0 saturated carbocycles. The lowest BCUT2D eigenvalue weighted by Crippen LogP contribution is -2.30. The molecule has 4 aromatic rings. The van der Waals surface area contributed by atoms with E-state index in [1.807, 2.05) is 18.2 Å². The number of carbonyl (C=O) groups excluding carboxylic acids is 1. The van der Waals surface area contributed by atoms with Crippen LogP contribution in [0.5, 0.6) is 6.01 Å². The number of nitrogens with zero attached hydrogens (tertiary/aromatic N) is 5. The average Bonchev–Trinajstić information content (AvgIpc) is 3.22. The number of nitrogens with two attached hydrogens (primary N) is 1. The molecule has 0 aliphatic heterocycles. The Kier molecular flexibility index (Phi) is 6.68. The van der Waals surface area contributed by atoms with Gasteiger partial charge in [-0.25, -0.2) is 4.57 Å². The van der Waals surface area contributed by atoms with Crippen LogP contribution in [0.25, 0.3) is 17.0 Å². The van der Waals surface area contributed by atoms with E-state index < -0.39 is 13.0 Å². The summed E-state index contributed by atoms with van der Waals surface area (Å²) in [5, 5.41) is 29.9. The molecule has 174 valence electrons. The molecule has 0 atom stereocenters. The maximum Gasteiger partial charge on any atom is 0.488 e. The van der Waals surface area contributed by atoms with E-state index in [1.165, 1.54) is 7.11 Å². The summed E-state index contributed by atoms with van der Waals surface area (Å²) in [6.45, 7) is 0.560. The minimum absolute atomic E-state index is 0.101. The number of imidazole rings is 1. The predicted octanol–water partition coefficient (Wildman–Crippen LogP) is -0.244. The lowest BCUT2D eigenvalue weighted by molar-refractivity contribution is 0.0995. The normalized spacial score (nSPS) is 10.9. The molecule has 4 rings (SSSR count). The molecular formula is C21H22BN7O5. The first-order valence-electron chi connectivity index (χ1n) is 10.2. The second-order valence-electron chi connectivity index (χ2n) is 7.30. The largest absolute Gasteiger partial charge is 0.488 e. The molecule has 34 heavy (non-hydrogen) atoms. The fourth-order valence-electron chi connectivity index (χ4n) is 3.49. The van der Waals surface area contributed by atoms with Gasteiger partial charge in [0.2, 0.25) is 0 Å². The zero-order chi connectivity index (χ0) is 24.2. The minimum Gasteiger partial charge on any atom is -0.468 e. The van der Waals surface area contributed by atoms with Gasteiger partial charge in [-0.1, -0.05) is 36.4 Å². The first-order valence-corrected chi connectivity index (χ1v) is 10.2. The lowest BCUT2D eigenvalue weighted by atomic mass is 9.80. The number of para-hydroxylation sites is 1. The summed E-state index contributed by atoms with van der Waals surface area (Å²) in [5.74, 6) is -0.594. The standard InChI is InChI=1S/C21H22BN7O5/c1-33-11-13-6-4-8-15-16(13)25-21(34-2)29(15)20-26-19(17(18(23)30)27-28-20)24-10-12-5-3-7-14(9-12)22(31)32/h3-9,31-32H,10-11H2,1-2H3,(H2,23,30)(H,24,26,28). The molecule has 0 bridgehead atoms. The van der Waals surface area contributed by atoms with Gasteiger partial charge in [-0.05, 0) is 17.1 Å². The molecule has 0 unspecified atom stereocenters. The Labute approximate surface area is 194 Å². The molecule has 0 radical (unpaired) electrons. The zero-order valence-electron chi connectivity index (χ0n) is 18.5. The third-order valence-electron chi connectivity index (χ3n) is 5.04. The topological polar surface area (TPSA) is 171 Å². The number of primary amides is 1. The Bertz CT molecular complexity index is 1340. The molecule has 0 fully saturated rings. The van der Waals surface area contributed by atoms with E-state index in [4.69, 9.17) is 15.2 Å². The highest BCUT2D eigenvalue weighted by molar-refractivity contribution is 6.58. The summed E-state index contributed by atoms with van der Waals surface area (Å²) < 4.78 is 12.3. The van der Waals surface area contributed by atoms with Crippen molar-refractivity contribution in [2.75, 3.05) is 19.5 Å². The van der Waals surface area contributed by atoms with Crippen molar-refractivity contribution in [2.24, 2.45) is 5.73 Å². The van der Waals surface area contributed by atoms with Gasteiger partial charge in [0.15, 0.2) is 11.5 Å². The number of amides is 1. The summed E-state index contributed by atoms with van der Waals surface area (Å²) in [6, 6.07) is 12.5. The summed E-state index contributed by atoms with van der Waals surface area (Å²) in [4.78, 5) is 20.9. The highest BCUT2D eigenvalue weighted by atomic mass is 16.5. The molecule has 1 amide bonds. The van der Waals surface area contributed by atoms with Crippen LogP contribution in [0.3, 0.4) is 0 Å². The van der Waals surface area contributed by atoms with Gasteiger partial charge < -0.3 is 30.6 Å². The van der Waals surface area contributed by atoms with Crippen molar-refractivity contribution in [3.8, 4) is 12.0 Å². The Morgan fingerprint density at radius 3 is 2.65 bits per heavy atom. The summed E-state index contributed by atoms with van der Waals surface area (Å²) in [6.07, 6.45) is 0. The number of hydrogen-bond acceptors (Lipinski definition) is 10. The first kappa shape index (κ1) is 23.1. The van der Waals surface area contributed by atoms with Crippen molar-refractivity contribution in [3.05, 3.63) is 59.3 Å². The van der Waals surface area contributed by atoms with Gasteiger partial charge in [0.25, 0.3) is 11.9 Å². The van der Waals surface area contributed by atoms with Crippen LogP contribution in [-0.2, 0) is 17.9 Å². The highest BCUT2D eigenvalue weighted by Gasteiger charge is 2.21. The van der Waals surface area contributed by atoms with Crippen LogP contribution < -0.4 is 21.3 Å². The van der Waals surface area contributed by atoms with Crippen LogP contribution in [0.2, 0.25) is 0 Å². The maximum absolute atomic E-state index is 11.9. The van der Waals surface area contributed by atoms with Crippen molar-refractivity contribution < 1.29 is 24.3 Å². The molecule has 5 N–H and O–H groups in total. The Hall–Kier alpha value is -4.07. The SMILES string of the molecule is COCc1cccc2c1nc(OC)n2-c1nnc(C(N)=O)c(NCc2cccc(B(O)O)c2)n1. The second-order valence-corrected chi connectivity index (χ2v) is 7.30. The monoisotopic (exact) mass is 463 g/mol. The molecule has 0 aliphatic rings. The number of nitrogens with one attached hydrogen (secondary N) is 1. The van der Waals surface area contributed by atoms with E-state index in [0.29, 0.717) is 23.1 Å². The van der Waals surface area contributed by atoms with Gasteiger partial charge in [0.1, 0.15) is 0 Å². The maximum atomic E-state index is 11.9. The van der Waals surface area contributed by atoms with Gasteiger partial charge >= 0.3 is 13.1 Å². The number of anilines is 1. The quantitative estimate of drug-likeness (QED) is 0.243. The van der Waals surface area contributed by atoms with Gasteiger partial charge in [-0.3, -0.25) is 4.79 Å². The average molecular weight is 463 g/mol. The van der Waals surface area contributed by atoms with Crippen LogP contribution in [0.4, 0.5) is 5.82 Å². The molecule has 2 aromatic carbocycles. The fraction of sp³-hybridized carbons (Fsp3) is 0.190. The second kappa shape index (κ2) is 9.83. The van der Waals surface area contributed by atoms with E-state index in [0.717, 1.165) is 11.1 Å². The number of ether oxygens (including phenoxy) is 2. The number of aromatic nitrogens is 5. The molecule has 0 aliphatic carbocycles. The molecule has 0 spiro atoms. The van der Waals surface area contributed by atoms with Crippen LogP contribution in [0.15, 0.2) is 42.5 Å². The summed E-state index contributed by atoms with van der Waals surface area (Å²) in [5.41, 5.74) is 8.54. The van der Waals surface area contributed by atoms with Gasteiger partial charge in [-0.15, -0.1) is 10.2 Å².